The first-order valence-electron chi connectivity index (χ1n) is 9.91. The SMILES string of the molecule is CCNC(=NCCc1nc(C(C)C)no1)N1CCC(C)C(n2ccnc2)C1.I. The zero-order valence-corrected chi connectivity index (χ0v) is 19.5. The van der Waals surface area contributed by atoms with Gasteiger partial charge in [-0.15, -0.1) is 24.0 Å². The molecule has 1 aliphatic heterocycles. The molecule has 0 aromatic carbocycles. The molecule has 1 aliphatic rings. The molecule has 0 amide bonds. The number of hydrogen-bond acceptors (Lipinski definition) is 5. The molecule has 8 nitrogen and oxygen atoms in total. The lowest BCUT2D eigenvalue weighted by Crippen LogP contribution is -2.49. The number of aromatic nitrogens is 4. The van der Waals surface area contributed by atoms with Crippen molar-refractivity contribution in [1.82, 2.24) is 29.9 Å². The maximum absolute atomic E-state index is 5.32. The second kappa shape index (κ2) is 10.8. The van der Waals surface area contributed by atoms with Crippen LogP contribution in [0.4, 0.5) is 0 Å². The molecule has 0 radical (unpaired) electrons. The normalized spacial score (nSPS) is 20.3. The number of nitrogens with one attached hydrogen (secondary N) is 1. The van der Waals surface area contributed by atoms with E-state index in [1.54, 1.807) is 0 Å². The van der Waals surface area contributed by atoms with Gasteiger partial charge in [0, 0.05) is 44.4 Å². The fraction of sp³-hybridized carbons (Fsp3) is 0.684. The highest BCUT2D eigenvalue weighted by Gasteiger charge is 2.28. The Balaban J connectivity index is 0.00000280. The maximum atomic E-state index is 5.32. The van der Waals surface area contributed by atoms with Crippen LogP contribution in [-0.2, 0) is 6.42 Å². The lowest BCUT2D eigenvalue weighted by Gasteiger charge is -2.39. The van der Waals surface area contributed by atoms with Crippen LogP contribution in [-0.4, -0.2) is 56.7 Å². The van der Waals surface area contributed by atoms with Gasteiger partial charge in [0.2, 0.25) is 5.89 Å². The fourth-order valence-corrected chi connectivity index (χ4v) is 3.38. The van der Waals surface area contributed by atoms with Crippen molar-refractivity contribution in [3.8, 4) is 0 Å². The van der Waals surface area contributed by atoms with E-state index < -0.39 is 0 Å². The monoisotopic (exact) mass is 501 g/mol. The lowest BCUT2D eigenvalue weighted by molar-refractivity contribution is 0.189. The van der Waals surface area contributed by atoms with Crippen LogP contribution in [0.1, 0.15) is 57.8 Å². The quantitative estimate of drug-likeness (QED) is 0.372. The number of imidazole rings is 1. The fourth-order valence-electron chi connectivity index (χ4n) is 3.38. The third-order valence-corrected chi connectivity index (χ3v) is 5.05. The zero-order valence-electron chi connectivity index (χ0n) is 17.2. The average molecular weight is 501 g/mol. The molecule has 2 aromatic heterocycles. The first kappa shape index (κ1) is 22.6. The van der Waals surface area contributed by atoms with Crippen molar-refractivity contribution in [2.24, 2.45) is 10.9 Å². The van der Waals surface area contributed by atoms with Crippen LogP contribution in [0.25, 0.3) is 0 Å². The van der Waals surface area contributed by atoms with Gasteiger partial charge in [-0.2, -0.15) is 4.98 Å². The van der Waals surface area contributed by atoms with Crippen molar-refractivity contribution in [3.05, 3.63) is 30.4 Å². The summed E-state index contributed by atoms with van der Waals surface area (Å²) in [7, 11) is 0. The Kier molecular flexibility index (Phi) is 8.71. The Bertz CT molecular complexity index is 728. The second-order valence-corrected chi connectivity index (χ2v) is 7.48. The van der Waals surface area contributed by atoms with E-state index in [-0.39, 0.29) is 29.9 Å². The summed E-state index contributed by atoms with van der Waals surface area (Å²) in [5, 5.41) is 7.44. The second-order valence-electron chi connectivity index (χ2n) is 7.48. The largest absolute Gasteiger partial charge is 0.357 e. The number of aliphatic imine (C=N–C) groups is 1. The molecule has 28 heavy (non-hydrogen) atoms. The van der Waals surface area contributed by atoms with Crippen molar-refractivity contribution in [3.63, 3.8) is 0 Å². The number of piperidine rings is 1. The van der Waals surface area contributed by atoms with Gasteiger partial charge in [-0.05, 0) is 19.3 Å². The van der Waals surface area contributed by atoms with E-state index in [9.17, 15) is 0 Å². The van der Waals surface area contributed by atoms with Crippen LogP contribution in [0.3, 0.4) is 0 Å². The summed E-state index contributed by atoms with van der Waals surface area (Å²) in [5.74, 6) is 3.26. The smallest absolute Gasteiger partial charge is 0.228 e. The third kappa shape index (κ3) is 5.68. The Labute approximate surface area is 184 Å². The summed E-state index contributed by atoms with van der Waals surface area (Å²) in [6, 6.07) is 0.412. The van der Waals surface area contributed by atoms with Gasteiger partial charge in [-0.3, -0.25) is 4.99 Å². The van der Waals surface area contributed by atoms with E-state index >= 15 is 0 Å². The van der Waals surface area contributed by atoms with Crippen molar-refractivity contribution in [1.29, 1.82) is 0 Å². The zero-order chi connectivity index (χ0) is 19.2. The number of guanidine groups is 1. The minimum Gasteiger partial charge on any atom is -0.357 e. The molecule has 0 spiro atoms. The predicted octanol–water partition coefficient (Wildman–Crippen LogP) is 3.10. The van der Waals surface area contributed by atoms with Crippen LogP contribution in [0, 0.1) is 5.92 Å². The van der Waals surface area contributed by atoms with Crippen LogP contribution < -0.4 is 5.32 Å². The first-order valence-corrected chi connectivity index (χ1v) is 9.91. The molecule has 1 saturated heterocycles. The Morgan fingerprint density at radius 3 is 2.89 bits per heavy atom. The predicted molar refractivity (Wildman–Crippen MR) is 120 cm³/mol. The number of hydrogen-bond donors (Lipinski definition) is 1. The molecular formula is C19H32IN7O. The Hall–Kier alpha value is -1.65. The van der Waals surface area contributed by atoms with Crippen LogP contribution >= 0.6 is 24.0 Å². The summed E-state index contributed by atoms with van der Waals surface area (Å²) in [6.07, 6.45) is 7.60. The topological polar surface area (TPSA) is 84.4 Å². The van der Waals surface area contributed by atoms with Gasteiger partial charge < -0.3 is 19.3 Å². The first-order chi connectivity index (χ1) is 13.1. The number of nitrogens with zero attached hydrogens (tertiary/aromatic N) is 6. The van der Waals surface area contributed by atoms with Gasteiger partial charge in [0.15, 0.2) is 11.8 Å². The Morgan fingerprint density at radius 1 is 1.43 bits per heavy atom. The molecule has 0 saturated carbocycles. The molecule has 1 fully saturated rings. The Morgan fingerprint density at radius 2 is 2.25 bits per heavy atom. The van der Waals surface area contributed by atoms with Crippen molar-refractivity contribution in [2.75, 3.05) is 26.2 Å². The van der Waals surface area contributed by atoms with Gasteiger partial charge in [0.1, 0.15) is 0 Å². The van der Waals surface area contributed by atoms with Gasteiger partial charge in [0.05, 0.1) is 18.9 Å². The van der Waals surface area contributed by atoms with E-state index in [1.807, 2.05) is 12.5 Å². The van der Waals surface area contributed by atoms with E-state index in [1.165, 1.54) is 0 Å². The van der Waals surface area contributed by atoms with Crippen LogP contribution in [0.2, 0.25) is 0 Å². The summed E-state index contributed by atoms with van der Waals surface area (Å²) in [4.78, 5) is 15.8. The molecule has 2 aromatic rings. The minimum absolute atomic E-state index is 0. The van der Waals surface area contributed by atoms with Crippen LogP contribution in [0.5, 0.6) is 0 Å². The molecule has 156 valence electrons. The van der Waals surface area contributed by atoms with Gasteiger partial charge >= 0.3 is 0 Å². The summed E-state index contributed by atoms with van der Waals surface area (Å²) < 4.78 is 7.53. The summed E-state index contributed by atoms with van der Waals surface area (Å²) in [5.41, 5.74) is 0. The van der Waals surface area contributed by atoms with Gasteiger partial charge in [0.25, 0.3) is 0 Å². The molecule has 9 heteroatoms. The molecule has 0 bridgehead atoms. The lowest BCUT2D eigenvalue weighted by atomic mass is 9.93. The van der Waals surface area contributed by atoms with Crippen molar-refractivity contribution < 1.29 is 4.52 Å². The minimum atomic E-state index is 0. The molecular weight excluding hydrogens is 469 g/mol. The number of rotatable bonds is 6. The van der Waals surface area contributed by atoms with Crippen molar-refractivity contribution in [2.45, 2.75) is 52.5 Å². The van der Waals surface area contributed by atoms with Crippen molar-refractivity contribution >= 4 is 29.9 Å². The van der Waals surface area contributed by atoms with Gasteiger partial charge in [-0.25, -0.2) is 4.98 Å². The molecule has 3 heterocycles. The third-order valence-electron chi connectivity index (χ3n) is 5.05. The average Bonchev–Trinajstić information content (AvgIpc) is 3.33. The molecule has 0 aliphatic carbocycles. The summed E-state index contributed by atoms with van der Waals surface area (Å²) >= 11 is 0. The van der Waals surface area contributed by atoms with E-state index in [4.69, 9.17) is 9.52 Å². The number of halogens is 1. The number of likely N-dealkylation sites (tertiary alicyclic amines) is 1. The standard InChI is InChI=1S/C19H31N7O.HI/c1-5-21-19(22-8-6-17-23-18(14(2)3)24-27-17)25-10-7-15(4)16(12-25)26-11-9-20-13-26;/h9,11,13-16H,5-8,10,12H2,1-4H3,(H,21,22);1H. The molecule has 2 atom stereocenters. The van der Waals surface area contributed by atoms with E-state index in [0.717, 1.165) is 37.8 Å². The van der Waals surface area contributed by atoms with Crippen LogP contribution in [0.15, 0.2) is 28.2 Å². The molecule has 2 unspecified atom stereocenters. The molecule has 1 N–H and O–H groups in total. The highest BCUT2D eigenvalue weighted by Crippen LogP contribution is 2.27. The van der Waals surface area contributed by atoms with Gasteiger partial charge in [-0.1, -0.05) is 25.9 Å². The van der Waals surface area contributed by atoms with E-state index in [2.05, 4.69) is 63.8 Å². The van der Waals surface area contributed by atoms with E-state index in [0.29, 0.717) is 30.8 Å². The molecule has 3 rings (SSSR count). The summed E-state index contributed by atoms with van der Waals surface area (Å²) in [6.45, 7) is 11.9. The maximum Gasteiger partial charge on any atom is 0.228 e. The highest BCUT2D eigenvalue weighted by molar-refractivity contribution is 14.0. The highest BCUT2D eigenvalue weighted by atomic mass is 127.